The fourth-order valence-corrected chi connectivity index (χ4v) is 2.72. The van der Waals surface area contributed by atoms with Crippen molar-refractivity contribution in [2.24, 2.45) is 0 Å². The number of ether oxygens (including phenoxy) is 1. The lowest BCUT2D eigenvalue weighted by Crippen LogP contribution is -2.02. The maximum absolute atomic E-state index is 6.15. The lowest BCUT2D eigenvalue weighted by molar-refractivity contribution is 0.300. The molecule has 0 spiro atoms. The minimum Gasteiger partial charge on any atom is -0.489 e. The van der Waals surface area contributed by atoms with Crippen LogP contribution in [0, 0.1) is 6.92 Å². The first-order valence-corrected chi connectivity index (χ1v) is 8.28. The monoisotopic (exact) mass is 316 g/mol. The molecule has 0 aromatic heterocycles. The number of rotatable bonds is 5. The molecular weight excluding hydrogens is 292 g/mol. The average Bonchev–Trinajstić information content (AvgIpc) is 2.45. The van der Waals surface area contributed by atoms with Crippen molar-refractivity contribution in [3.63, 3.8) is 0 Å². The van der Waals surface area contributed by atoms with E-state index in [-0.39, 0.29) is 0 Å². The Morgan fingerprint density at radius 2 is 1.68 bits per heavy atom. The van der Waals surface area contributed by atoms with E-state index >= 15 is 0 Å². The van der Waals surface area contributed by atoms with Gasteiger partial charge in [0.1, 0.15) is 12.4 Å². The molecule has 0 saturated carbocycles. The molecule has 0 aliphatic rings. The molecule has 0 aliphatic carbocycles. The predicted molar refractivity (Wildman–Crippen MR) is 95.1 cm³/mol. The number of hydrogen-bond acceptors (Lipinski definition) is 1. The minimum atomic E-state index is 0.447. The summed E-state index contributed by atoms with van der Waals surface area (Å²) in [6, 6.07) is 12.5. The van der Waals surface area contributed by atoms with Gasteiger partial charge >= 0.3 is 0 Å². The third kappa shape index (κ3) is 4.04. The average molecular weight is 317 g/mol. The van der Waals surface area contributed by atoms with E-state index in [1.165, 1.54) is 22.3 Å². The van der Waals surface area contributed by atoms with Crippen LogP contribution < -0.4 is 4.74 Å². The van der Waals surface area contributed by atoms with Gasteiger partial charge in [-0.1, -0.05) is 57.5 Å². The number of halogens is 1. The second kappa shape index (κ2) is 7.19. The van der Waals surface area contributed by atoms with Gasteiger partial charge in [0, 0.05) is 5.02 Å². The van der Waals surface area contributed by atoms with E-state index in [0.29, 0.717) is 18.4 Å². The summed E-state index contributed by atoms with van der Waals surface area (Å²) in [5.41, 5.74) is 4.91. The Morgan fingerprint density at radius 3 is 2.27 bits per heavy atom. The van der Waals surface area contributed by atoms with Crippen molar-refractivity contribution in [3.8, 4) is 5.75 Å². The van der Waals surface area contributed by atoms with E-state index in [1.807, 2.05) is 18.2 Å². The fraction of sp³-hybridized carbons (Fsp3) is 0.400. The number of hydrogen-bond donors (Lipinski definition) is 0. The van der Waals surface area contributed by atoms with Crippen molar-refractivity contribution in [1.82, 2.24) is 0 Å². The van der Waals surface area contributed by atoms with Crippen LogP contribution in [0.25, 0.3) is 0 Å². The molecule has 0 fully saturated rings. The summed E-state index contributed by atoms with van der Waals surface area (Å²) >= 11 is 6.02. The van der Waals surface area contributed by atoms with Gasteiger partial charge in [0.15, 0.2) is 0 Å². The summed E-state index contributed by atoms with van der Waals surface area (Å²) in [5.74, 6) is 1.94. The molecule has 0 bridgehead atoms. The van der Waals surface area contributed by atoms with E-state index in [4.69, 9.17) is 16.3 Å². The Hall–Kier alpha value is -1.47. The van der Waals surface area contributed by atoms with Crippen LogP contribution in [0.4, 0.5) is 0 Å². The molecule has 0 atom stereocenters. The van der Waals surface area contributed by atoms with Gasteiger partial charge < -0.3 is 4.74 Å². The van der Waals surface area contributed by atoms with Gasteiger partial charge in [-0.25, -0.2) is 0 Å². The van der Waals surface area contributed by atoms with Crippen LogP contribution in [-0.4, -0.2) is 0 Å². The van der Waals surface area contributed by atoms with Crippen molar-refractivity contribution >= 4 is 11.6 Å². The zero-order valence-corrected chi connectivity index (χ0v) is 14.9. The quantitative estimate of drug-likeness (QED) is 0.614. The highest BCUT2D eigenvalue weighted by atomic mass is 35.5. The first kappa shape index (κ1) is 16.9. The van der Waals surface area contributed by atoms with Crippen LogP contribution in [-0.2, 0) is 6.61 Å². The molecule has 22 heavy (non-hydrogen) atoms. The Labute approximate surface area is 139 Å². The SMILES string of the molecule is Cc1cc(Cl)ccc1COc1cc(C(C)C)ccc1C(C)C. The molecule has 2 rings (SSSR count). The third-order valence-electron chi connectivity index (χ3n) is 4.01. The van der Waals surface area contributed by atoms with E-state index in [0.717, 1.165) is 10.8 Å². The van der Waals surface area contributed by atoms with E-state index < -0.39 is 0 Å². The summed E-state index contributed by atoms with van der Waals surface area (Å²) in [4.78, 5) is 0. The Kier molecular flexibility index (Phi) is 5.52. The first-order chi connectivity index (χ1) is 10.4. The summed E-state index contributed by atoms with van der Waals surface area (Å²) in [5, 5.41) is 0.769. The largest absolute Gasteiger partial charge is 0.489 e. The third-order valence-corrected chi connectivity index (χ3v) is 4.25. The molecule has 2 aromatic rings. The number of benzene rings is 2. The fourth-order valence-electron chi connectivity index (χ4n) is 2.49. The van der Waals surface area contributed by atoms with Crippen molar-refractivity contribution in [2.45, 2.75) is 53.1 Å². The predicted octanol–water partition coefficient (Wildman–Crippen LogP) is 6.47. The molecule has 0 saturated heterocycles. The summed E-state index contributed by atoms with van der Waals surface area (Å²) in [7, 11) is 0. The van der Waals surface area contributed by atoms with Gasteiger partial charge in [0.25, 0.3) is 0 Å². The zero-order valence-electron chi connectivity index (χ0n) is 14.1. The summed E-state index contributed by atoms with van der Waals surface area (Å²) in [6.45, 7) is 11.5. The summed E-state index contributed by atoms with van der Waals surface area (Å²) in [6.07, 6.45) is 0. The Bertz CT molecular complexity index is 644. The normalized spacial score (nSPS) is 11.3. The maximum Gasteiger partial charge on any atom is 0.123 e. The molecule has 0 amide bonds. The Morgan fingerprint density at radius 1 is 0.955 bits per heavy atom. The van der Waals surface area contributed by atoms with Crippen molar-refractivity contribution < 1.29 is 4.74 Å². The molecule has 0 N–H and O–H groups in total. The standard InChI is InChI=1S/C20H25ClO/c1-13(2)16-7-9-19(14(3)4)20(11-16)22-12-17-6-8-18(21)10-15(17)5/h6-11,13-14H,12H2,1-5H3. The smallest absolute Gasteiger partial charge is 0.123 e. The second-order valence-corrected chi connectivity index (χ2v) is 6.90. The highest BCUT2D eigenvalue weighted by Gasteiger charge is 2.11. The van der Waals surface area contributed by atoms with Crippen LogP contribution in [0.15, 0.2) is 36.4 Å². The summed E-state index contributed by atoms with van der Waals surface area (Å²) < 4.78 is 6.15. The molecule has 0 unspecified atom stereocenters. The van der Waals surface area contributed by atoms with Gasteiger partial charge in [-0.05, 0) is 59.2 Å². The minimum absolute atomic E-state index is 0.447. The molecular formula is C20H25ClO. The van der Waals surface area contributed by atoms with Crippen LogP contribution in [0.3, 0.4) is 0 Å². The van der Waals surface area contributed by atoms with E-state index in [2.05, 4.69) is 52.8 Å². The van der Waals surface area contributed by atoms with Gasteiger partial charge in [0.2, 0.25) is 0 Å². The lowest BCUT2D eigenvalue weighted by atomic mass is 9.96. The van der Waals surface area contributed by atoms with Gasteiger partial charge in [-0.3, -0.25) is 0 Å². The number of aryl methyl sites for hydroxylation is 1. The van der Waals surface area contributed by atoms with Crippen LogP contribution in [0.2, 0.25) is 5.02 Å². The van der Waals surface area contributed by atoms with Crippen molar-refractivity contribution in [2.75, 3.05) is 0 Å². The molecule has 0 radical (unpaired) electrons. The first-order valence-electron chi connectivity index (χ1n) is 7.90. The highest BCUT2D eigenvalue weighted by Crippen LogP contribution is 2.31. The molecule has 2 heteroatoms. The van der Waals surface area contributed by atoms with Gasteiger partial charge in [-0.2, -0.15) is 0 Å². The molecule has 0 heterocycles. The van der Waals surface area contributed by atoms with Crippen LogP contribution in [0.1, 0.15) is 61.8 Å². The van der Waals surface area contributed by atoms with E-state index in [9.17, 15) is 0 Å². The Balaban J connectivity index is 2.25. The van der Waals surface area contributed by atoms with E-state index in [1.54, 1.807) is 0 Å². The molecule has 0 aliphatic heterocycles. The molecule has 2 aromatic carbocycles. The van der Waals surface area contributed by atoms with Gasteiger partial charge in [-0.15, -0.1) is 0 Å². The molecule has 118 valence electrons. The van der Waals surface area contributed by atoms with Crippen molar-refractivity contribution in [3.05, 3.63) is 63.7 Å². The van der Waals surface area contributed by atoms with Crippen LogP contribution >= 0.6 is 11.6 Å². The van der Waals surface area contributed by atoms with Gasteiger partial charge in [0.05, 0.1) is 0 Å². The second-order valence-electron chi connectivity index (χ2n) is 6.47. The zero-order chi connectivity index (χ0) is 16.3. The maximum atomic E-state index is 6.15. The highest BCUT2D eigenvalue weighted by molar-refractivity contribution is 6.30. The topological polar surface area (TPSA) is 9.23 Å². The lowest BCUT2D eigenvalue weighted by Gasteiger charge is -2.17. The van der Waals surface area contributed by atoms with Crippen LogP contribution in [0.5, 0.6) is 5.75 Å². The van der Waals surface area contributed by atoms with Crippen molar-refractivity contribution in [1.29, 1.82) is 0 Å². The molecule has 1 nitrogen and oxygen atoms in total.